The second-order valence-corrected chi connectivity index (χ2v) is 9.66. The molecule has 0 unspecified atom stereocenters. The van der Waals surface area contributed by atoms with Gasteiger partial charge in [0.05, 0.1) is 17.2 Å². The van der Waals surface area contributed by atoms with E-state index in [9.17, 15) is 14.4 Å². The van der Waals surface area contributed by atoms with E-state index in [1.165, 1.54) is 0 Å². The Balaban J connectivity index is 1.51. The molecule has 0 saturated carbocycles. The second kappa shape index (κ2) is 11.5. The number of carbonyl (C=O) groups excluding carboxylic acids is 3. The van der Waals surface area contributed by atoms with Crippen LogP contribution in [0, 0.1) is 6.92 Å². The number of carbonyl (C=O) groups is 3. The number of hydrogen-bond donors (Lipinski definition) is 1. The summed E-state index contributed by atoms with van der Waals surface area (Å²) in [7, 11) is 0. The van der Waals surface area contributed by atoms with Crippen molar-refractivity contribution in [3.8, 4) is 11.5 Å². The van der Waals surface area contributed by atoms with E-state index in [0.29, 0.717) is 39.5 Å². The van der Waals surface area contributed by atoms with Crippen LogP contribution in [0.4, 0.5) is 16.2 Å². The third-order valence-electron chi connectivity index (χ3n) is 5.15. The van der Waals surface area contributed by atoms with Gasteiger partial charge in [0.1, 0.15) is 0 Å². The van der Waals surface area contributed by atoms with Crippen LogP contribution in [0.25, 0.3) is 6.08 Å². The number of nitrogens with one attached hydrogen (secondary N) is 1. The standard InChI is InChI=1S/C27H23BrN2O5S/c1-3-34-22-13-18(14-24-26(32)30(27(33)36-24)20-7-5-4-6-8-20)21(28)15-23(22)35-16-25(31)29-19-11-9-17(2)10-12-19/h4-15H,3,16H2,1-2H3,(H,29,31)/b24-14+. The number of halogens is 1. The molecule has 1 N–H and O–H groups in total. The van der Waals surface area contributed by atoms with Crippen LogP contribution in [0.3, 0.4) is 0 Å². The average Bonchev–Trinajstić information content (AvgIpc) is 3.14. The van der Waals surface area contributed by atoms with E-state index in [4.69, 9.17) is 9.47 Å². The second-order valence-electron chi connectivity index (χ2n) is 7.81. The van der Waals surface area contributed by atoms with Crippen molar-refractivity contribution in [2.24, 2.45) is 0 Å². The minimum absolute atomic E-state index is 0.213. The van der Waals surface area contributed by atoms with Crippen molar-refractivity contribution in [2.75, 3.05) is 23.4 Å². The van der Waals surface area contributed by atoms with Crippen LogP contribution < -0.4 is 19.7 Å². The Bertz CT molecular complexity index is 1330. The lowest BCUT2D eigenvalue weighted by atomic mass is 10.1. The van der Waals surface area contributed by atoms with E-state index in [0.717, 1.165) is 22.2 Å². The number of rotatable bonds is 8. The molecular formula is C27H23BrN2O5S. The lowest BCUT2D eigenvalue weighted by Gasteiger charge is -2.14. The summed E-state index contributed by atoms with van der Waals surface area (Å²) in [5.74, 6) is 0.0833. The molecule has 3 aromatic rings. The van der Waals surface area contributed by atoms with E-state index in [1.54, 1.807) is 42.5 Å². The molecule has 1 aliphatic heterocycles. The highest BCUT2D eigenvalue weighted by Gasteiger charge is 2.36. The Kier molecular flexibility index (Phi) is 8.12. The fraction of sp³-hybridized carbons (Fsp3) is 0.148. The normalized spacial score (nSPS) is 14.3. The number of imide groups is 1. The van der Waals surface area contributed by atoms with Gasteiger partial charge in [-0.05, 0) is 73.6 Å². The van der Waals surface area contributed by atoms with Gasteiger partial charge in [-0.3, -0.25) is 14.4 Å². The van der Waals surface area contributed by atoms with Gasteiger partial charge in [0.25, 0.3) is 17.1 Å². The fourth-order valence-electron chi connectivity index (χ4n) is 3.43. The molecule has 0 aromatic heterocycles. The third-order valence-corrected chi connectivity index (χ3v) is 6.71. The number of ether oxygens (including phenoxy) is 2. The molecule has 1 fully saturated rings. The molecule has 1 aliphatic rings. The van der Waals surface area contributed by atoms with E-state index < -0.39 is 5.91 Å². The minimum atomic E-state index is -0.394. The molecule has 4 rings (SSSR count). The molecule has 0 radical (unpaired) electrons. The summed E-state index contributed by atoms with van der Waals surface area (Å²) in [4.78, 5) is 39.3. The molecule has 0 spiro atoms. The van der Waals surface area contributed by atoms with Gasteiger partial charge in [0, 0.05) is 10.2 Å². The van der Waals surface area contributed by atoms with E-state index in [1.807, 2.05) is 44.2 Å². The molecule has 184 valence electrons. The number of benzene rings is 3. The van der Waals surface area contributed by atoms with Gasteiger partial charge < -0.3 is 14.8 Å². The SMILES string of the molecule is CCOc1cc(/C=C2/SC(=O)N(c3ccccc3)C2=O)c(Br)cc1OCC(=O)Nc1ccc(C)cc1. The van der Waals surface area contributed by atoms with Crippen LogP contribution in [0.1, 0.15) is 18.1 Å². The van der Waals surface area contributed by atoms with Gasteiger partial charge in [-0.25, -0.2) is 4.90 Å². The van der Waals surface area contributed by atoms with Crippen LogP contribution >= 0.6 is 27.7 Å². The van der Waals surface area contributed by atoms with Gasteiger partial charge in [-0.15, -0.1) is 0 Å². The number of anilines is 2. The number of nitrogens with zero attached hydrogens (tertiary/aromatic N) is 1. The van der Waals surface area contributed by atoms with Crippen LogP contribution in [0.2, 0.25) is 0 Å². The largest absolute Gasteiger partial charge is 0.490 e. The highest BCUT2D eigenvalue weighted by molar-refractivity contribution is 9.10. The summed E-state index contributed by atoms with van der Waals surface area (Å²) in [5, 5.41) is 2.43. The van der Waals surface area contributed by atoms with Crippen molar-refractivity contribution in [3.05, 3.63) is 87.2 Å². The predicted molar refractivity (Wildman–Crippen MR) is 146 cm³/mol. The van der Waals surface area contributed by atoms with Crippen LogP contribution in [0.5, 0.6) is 11.5 Å². The van der Waals surface area contributed by atoms with Crippen molar-refractivity contribution in [1.29, 1.82) is 0 Å². The zero-order valence-corrected chi connectivity index (χ0v) is 22.0. The van der Waals surface area contributed by atoms with Gasteiger partial charge in [-0.2, -0.15) is 0 Å². The molecule has 1 saturated heterocycles. The summed E-state index contributed by atoms with van der Waals surface area (Å²) < 4.78 is 12.1. The summed E-state index contributed by atoms with van der Waals surface area (Å²) >= 11 is 4.37. The fourth-order valence-corrected chi connectivity index (χ4v) is 4.70. The van der Waals surface area contributed by atoms with E-state index >= 15 is 0 Å². The molecule has 0 atom stereocenters. The molecule has 7 nitrogen and oxygen atoms in total. The highest BCUT2D eigenvalue weighted by Crippen LogP contribution is 2.39. The summed E-state index contributed by atoms with van der Waals surface area (Å²) in [6.45, 7) is 3.97. The Morgan fingerprint density at radius 2 is 1.72 bits per heavy atom. The number of hydrogen-bond acceptors (Lipinski definition) is 6. The minimum Gasteiger partial charge on any atom is -0.490 e. The summed E-state index contributed by atoms with van der Waals surface area (Å²) in [6, 6.07) is 19.6. The molecule has 1 heterocycles. The van der Waals surface area contributed by atoms with Gasteiger partial charge in [0.15, 0.2) is 18.1 Å². The maximum absolute atomic E-state index is 13.0. The van der Waals surface area contributed by atoms with Crippen LogP contribution in [-0.2, 0) is 9.59 Å². The monoisotopic (exact) mass is 566 g/mol. The van der Waals surface area contributed by atoms with Crippen molar-refractivity contribution >= 4 is 62.2 Å². The number of amides is 3. The maximum Gasteiger partial charge on any atom is 0.298 e. The zero-order valence-electron chi connectivity index (χ0n) is 19.6. The predicted octanol–water partition coefficient (Wildman–Crippen LogP) is 6.41. The lowest BCUT2D eigenvalue weighted by Crippen LogP contribution is -2.27. The summed E-state index contributed by atoms with van der Waals surface area (Å²) in [6.07, 6.45) is 1.63. The first-order valence-corrected chi connectivity index (χ1v) is 12.8. The highest BCUT2D eigenvalue weighted by atomic mass is 79.9. The van der Waals surface area contributed by atoms with Gasteiger partial charge in [-0.1, -0.05) is 51.8 Å². The average molecular weight is 567 g/mol. The molecular weight excluding hydrogens is 544 g/mol. The Morgan fingerprint density at radius 3 is 2.42 bits per heavy atom. The maximum atomic E-state index is 13.0. The molecule has 0 bridgehead atoms. The number of thioether (sulfide) groups is 1. The first-order chi connectivity index (χ1) is 17.4. The Morgan fingerprint density at radius 1 is 1.03 bits per heavy atom. The van der Waals surface area contributed by atoms with Crippen molar-refractivity contribution in [1.82, 2.24) is 0 Å². The van der Waals surface area contributed by atoms with Crippen molar-refractivity contribution < 1.29 is 23.9 Å². The smallest absolute Gasteiger partial charge is 0.298 e. The number of para-hydroxylation sites is 1. The lowest BCUT2D eigenvalue weighted by molar-refractivity contribution is -0.118. The van der Waals surface area contributed by atoms with Crippen molar-refractivity contribution in [2.45, 2.75) is 13.8 Å². The first-order valence-electron chi connectivity index (χ1n) is 11.1. The molecule has 36 heavy (non-hydrogen) atoms. The van der Waals surface area contributed by atoms with Gasteiger partial charge >= 0.3 is 0 Å². The molecule has 9 heteroatoms. The molecule has 0 aliphatic carbocycles. The Labute approximate surface area is 221 Å². The third kappa shape index (κ3) is 5.98. The van der Waals surface area contributed by atoms with Crippen molar-refractivity contribution in [3.63, 3.8) is 0 Å². The summed E-state index contributed by atoms with van der Waals surface area (Å²) in [5.41, 5.74) is 2.93. The van der Waals surface area contributed by atoms with Crippen LogP contribution in [0.15, 0.2) is 76.1 Å². The van der Waals surface area contributed by atoms with Crippen LogP contribution in [-0.4, -0.2) is 30.3 Å². The van der Waals surface area contributed by atoms with E-state index in [2.05, 4.69) is 21.2 Å². The first kappa shape index (κ1) is 25.5. The quantitative estimate of drug-likeness (QED) is 0.317. The van der Waals surface area contributed by atoms with E-state index in [-0.39, 0.29) is 22.7 Å². The number of aryl methyl sites for hydroxylation is 1. The zero-order chi connectivity index (χ0) is 25.7. The molecule has 3 amide bonds. The topological polar surface area (TPSA) is 84.9 Å². The Hall–Kier alpha value is -3.56. The van der Waals surface area contributed by atoms with Gasteiger partial charge in [0.2, 0.25) is 0 Å². The molecule has 3 aromatic carbocycles.